The SMILES string of the molecule is C=CCOc1c([Si](C)(C)C)cc(C)cc1[Si](C)(C)C1c2cc(-c3ccccc3C(C)CC)ccc2-c2ccc(-c3ccccc3C(C)CC)cc21. The van der Waals surface area contributed by atoms with Gasteiger partial charge in [0.2, 0.25) is 0 Å². The second kappa shape index (κ2) is 14.6. The third kappa shape index (κ3) is 6.88. The molecule has 51 heavy (non-hydrogen) atoms. The Bertz CT molecular complexity index is 1960. The number of ether oxygens (including phenoxy) is 1. The Hall–Kier alpha value is -3.93. The molecule has 264 valence electrons. The molecule has 2 unspecified atom stereocenters. The smallest absolute Gasteiger partial charge is 0.118 e. The van der Waals surface area contributed by atoms with Crippen molar-refractivity contribution in [2.75, 3.05) is 6.61 Å². The summed E-state index contributed by atoms with van der Waals surface area (Å²) < 4.78 is 6.77. The fraction of sp³-hybridized carbons (Fsp3) is 0.333. The molecule has 0 bridgehead atoms. The molecule has 2 atom stereocenters. The number of benzene rings is 5. The molecule has 0 saturated heterocycles. The highest BCUT2D eigenvalue weighted by molar-refractivity contribution is 6.94. The van der Waals surface area contributed by atoms with Gasteiger partial charge in [-0.05, 0) is 97.6 Å². The first-order chi connectivity index (χ1) is 24.3. The van der Waals surface area contributed by atoms with Gasteiger partial charge in [0.05, 0.1) is 16.1 Å². The van der Waals surface area contributed by atoms with E-state index in [2.05, 4.69) is 171 Å². The Morgan fingerprint density at radius 3 is 1.57 bits per heavy atom. The minimum atomic E-state index is -2.35. The zero-order chi connectivity index (χ0) is 36.7. The van der Waals surface area contributed by atoms with Crippen LogP contribution in [0.5, 0.6) is 5.75 Å². The normalized spacial score (nSPS) is 15.2. The molecule has 0 amide bonds. The van der Waals surface area contributed by atoms with Gasteiger partial charge < -0.3 is 4.74 Å². The van der Waals surface area contributed by atoms with E-state index in [1.54, 1.807) is 0 Å². The molecular weight excluding hydrogens is 649 g/mol. The van der Waals surface area contributed by atoms with Crippen LogP contribution in [0.1, 0.15) is 85.7 Å². The summed E-state index contributed by atoms with van der Waals surface area (Å²) in [4.78, 5) is 0. The van der Waals surface area contributed by atoms with Crippen molar-refractivity contribution in [1.29, 1.82) is 0 Å². The Labute approximate surface area is 310 Å². The van der Waals surface area contributed by atoms with Crippen molar-refractivity contribution in [3.63, 3.8) is 0 Å². The van der Waals surface area contributed by atoms with Gasteiger partial charge in [0.15, 0.2) is 0 Å². The summed E-state index contributed by atoms with van der Waals surface area (Å²) in [6.07, 6.45) is 4.14. The number of hydrogen-bond acceptors (Lipinski definition) is 1. The highest BCUT2D eigenvalue weighted by Gasteiger charge is 2.45. The molecule has 0 N–H and O–H groups in total. The molecule has 0 heterocycles. The van der Waals surface area contributed by atoms with Crippen molar-refractivity contribution in [1.82, 2.24) is 0 Å². The zero-order valence-corrected chi connectivity index (χ0v) is 34.8. The van der Waals surface area contributed by atoms with Crippen LogP contribution in [-0.4, -0.2) is 22.8 Å². The molecule has 0 aromatic heterocycles. The summed E-state index contributed by atoms with van der Waals surface area (Å²) in [7, 11) is -4.09. The number of rotatable bonds is 12. The summed E-state index contributed by atoms with van der Waals surface area (Å²) in [5.41, 5.74) is 15.5. The average molecular weight is 707 g/mol. The van der Waals surface area contributed by atoms with E-state index >= 15 is 0 Å². The van der Waals surface area contributed by atoms with Crippen LogP contribution in [0.3, 0.4) is 0 Å². The maximum Gasteiger partial charge on any atom is 0.118 e. The molecule has 1 aliphatic rings. The third-order valence-corrected chi connectivity index (χ3v) is 17.5. The Morgan fingerprint density at radius 1 is 0.647 bits per heavy atom. The van der Waals surface area contributed by atoms with Crippen molar-refractivity contribution in [2.45, 2.75) is 97.6 Å². The lowest BCUT2D eigenvalue weighted by Gasteiger charge is -2.36. The van der Waals surface area contributed by atoms with Crippen molar-refractivity contribution in [3.05, 3.63) is 138 Å². The first kappa shape index (κ1) is 36.9. The van der Waals surface area contributed by atoms with Crippen LogP contribution < -0.4 is 15.1 Å². The summed E-state index contributed by atoms with van der Waals surface area (Å²) in [6.45, 7) is 28.7. The van der Waals surface area contributed by atoms with Crippen LogP contribution in [0, 0.1) is 6.92 Å². The Kier molecular flexibility index (Phi) is 10.5. The van der Waals surface area contributed by atoms with Crippen LogP contribution in [0.15, 0.2) is 110 Å². The monoisotopic (exact) mass is 706 g/mol. The number of fused-ring (bicyclic) bond motifs is 3. The average Bonchev–Trinajstić information content (AvgIpc) is 3.46. The molecule has 5 aromatic carbocycles. The van der Waals surface area contributed by atoms with Gasteiger partial charge in [-0.2, -0.15) is 0 Å². The summed E-state index contributed by atoms with van der Waals surface area (Å²) in [5, 5.41) is 2.85. The molecule has 5 aromatic rings. The summed E-state index contributed by atoms with van der Waals surface area (Å²) >= 11 is 0. The van der Waals surface area contributed by atoms with Crippen molar-refractivity contribution in [2.24, 2.45) is 0 Å². The van der Waals surface area contributed by atoms with Gasteiger partial charge in [-0.25, -0.2) is 0 Å². The molecule has 0 aliphatic heterocycles. The zero-order valence-electron chi connectivity index (χ0n) is 32.8. The van der Waals surface area contributed by atoms with Crippen LogP contribution >= 0.6 is 0 Å². The summed E-state index contributed by atoms with van der Waals surface area (Å²) in [6, 6.07) is 37.7. The molecule has 0 radical (unpaired) electrons. The maximum absolute atomic E-state index is 6.77. The first-order valence-electron chi connectivity index (χ1n) is 19.2. The van der Waals surface area contributed by atoms with E-state index < -0.39 is 16.1 Å². The lowest BCUT2D eigenvalue weighted by atomic mass is 9.89. The molecule has 1 nitrogen and oxygen atoms in total. The van der Waals surface area contributed by atoms with E-state index in [9.17, 15) is 0 Å². The fourth-order valence-corrected chi connectivity index (χ4v) is 13.9. The predicted molar refractivity (Wildman–Crippen MR) is 229 cm³/mol. The lowest BCUT2D eigenvalue weighted by molar-refractivity contribution is 0.368. The van der Waals surface area contributed by atoms with E-state index in [-0.39, 0.29) is 5.54 Å². The third-order valence-electron chi connectivity index (χ3n) is 11.6. The standard InChI is InChI=1S/C48H58OSi2/c1-12-27-49-47-45(50(7,8)9)28-32(4)29-46(47)51(10,11)48-43-30-35(39-21-17-15-19-37(39)33(5)13-2)23-25-41(43)42-26-24-36(31-44(42)48)40-22-18-16-20-38(40)34(6)14-3/h12,15-26,28-31,33-34,48H,1,13-14,27H2,2-11H3. The van der Waals surface area contributed by atoms with Crippen molar-refractivity contribution in [3.8, 4) is 39.1 Å². The maximum atomic E-state index is 6.77. The van der Waals surface area contributed by atoms with Crippen LogP contribution in [0.25, 0.3) is 33.4 Å². The molecule has 3 heteroatoms. The van der Waals surface area contributed by atoms with Gasteiger partial charge in [-0.1, -0.05) is 176 Å². The van der Waals surface area contributed by atoms with Gasteiger partial charge in [0.25, 0.3) is 0 Å². The molecule has 0 saturated carbocycles. The molecule has 0 spiro atoms. The largest absolute Gasteiger partial charge is 0.490 e. The number of aryl methyl sites for hydroxylation is 1. The topological polar surface area (TPSA) is 9.23 Å². The van der Waals surface area contributed by atoms with Crippen molar-refractivity contribution < 1.29 is 4.74 Å². The van der Waals surface area contributed by atoms with E-state index in [0.29, 0.717) is 18.4 Å². The summed E-state index contributed by atoms with van der Waals surface area (Å²) in [5.74, 6) is 2.12. The first-order valence-corrected chi connectivity index (χ1v) is 25.8. The van der Waals surface area contributed by atoms with E-state index in [1.165, 1.54) is 71.6 Å². The Morgan fingerprint density at radius 2 is 1.12 bits per heavy atom. The van der Waals surface area contributed by atoms with Crippen LogP contribution in [-0.2, 0) is 0 Å². The van der Waals surface area contributed by atoms with Crippen LogP contribution in [0.4, 0.5) is 0 Å². The van der Waals surface area contributed by atoms with E-state index in [4.69, 9.17) is 4.74 Å². The molecule has 6 rings (SSSR count). The quantitative estimate of drug-likeness (QED) is 0.0927. The minimum absolute atomic E-state index is 0.260. The van der Waals surface area contributed by atoms with Gasteiger partial charge in [-0.3, -0.25) is 0 Å². The second-order valence-corrected chi connectivity index (χ2v) is 26.2. The predicted octanol–water partition coefficient (Wildman–Crippen LogP) is 12.7. The Balaban J connectivity index is 1.63. The van der Waals surface area contributed by atoms with Gasteiger partial charge >= 0.3 is 0 Å². The molecule has 1 aliphatic carbocycles. The molecular formula is C48H58OSi2. The van der Waals surface area contributed by atoms with E-state index in [0.717, 1.165) is 18.6 Å². The van der Waals surface area contributed by atoms with Gasteiger partial charge in [-0.15, -0.1) is 0 Å². The number of hydrogen-bond donors (Lipinski definition) is 0. The van der Waals surface area contributed by atoms with Gasteiger partial charge in [0, 0.05) is 5.54 Å². The van der Waals surface area contributed by atoms with Crippen LogP contribution in [0.2, 0.25) is 32.7 Å². The van der Waals surface area contributed by atoms with Crippen molar-refractivity contribution >= 4 is 26.5 Å². The second-order valence-electron chi connectivity index (χ2n) is 16.6. The fourth-order valence-electron chi connectivity index (χ4n) is 8.46. The highest BCUT2D eigenvalue weighted by Crippen LogP contribution is 2.52. The highest BCUT2D eigenvalue weighted by atomic mass is 28.3. The van der Waals surface area contributed by atoms with E-state index in [1.807, 2.05) is 6.08 Å². The minimum Gasteiger partial charge on any atom is -0.490 e. The molecule has 0 fully saturated rings. The lowest BCUT2D eigenvalue weighted by Crippen LogP contribution is -2.52. The van der Waals surface area contributed by atoms with Gasteiger partial charge in [0.1, 0.15) is 12.4 Å².